The second kappa shape index (κ2) is 6.29. The average Bonchev–Trinajstić information content (AvgIpc) is 2.20. The Labute approximate surface area is 113 Å². The maximum Gasteiger partial charge on any atom is 0.232 e. The number of rotatable bonds is 6. The van der Waals surface area contributed by atoms with Gasteiger partial charge in [0, 0.05) is 0 Å². The smallest absolute Gasteiger partial charge is 0.232 e. The van der Waals surface area contributed by atoms with E-state index < -0.39 is 10.0 Å². The van der Waals surface area contributed by atoms with Crippen molar-refractivity contribution in [2.24, 2.45) is 0 Å². The molecular formula is C12H18ClNO3S. The number of nitrogens with one attached hydrogen (secondary N) is 1. The molecule has 0 aromatic heterocycles. The molecule has 0 amide bonds. The minimum Gasteiger partial charge on any atom is -0.489 e. The van der Waals surface area contributed by atoms with Gasteiger partial charge < -0.3 is 4.74 Å². The van der Waals surface area contributed by atoms with Crippen LogP contribution in [0.1, 0.15) is 27.2 Å². The zero-order valence-electron chi connectivity index (χ0n) is 10.7. The second-order valence-electron chi connectivity index (χ2n) is 4.23. The number of hydrogen-bond acceptors (Lipinski definition) is 3. The topological polar surface area (TPSA) is 55.4 Å². The normalized spacial score (nSPS) is 11.6. The van der Waals surface area contributed by atoms with Crippen molar-refractivity contribution in [2.75, 3.05) is 10.5 Å². The summed E-state index contributed by atoms with van der Waals surface area (Å²) >= 11 is 6.02. The van der Waals surface area contributed by atoms with Crippen LogP contribution >= 0.6 is 11.6 Å². The molecule has 18 heavy (non-hydrogen) atoms. The summed E-state index contributed by atoms with van der Waals surface area (Å²) in [6.45, 7) is 5.61. The van der Waals surface area contributed by atoms with Crippen LogP contribution in [0.3, 0.4) is 0 Å². The maximum atomic E-state index is 11.6. The summed E-state index contributed by atoms with van der Waals surface area (Å²) < 4.78 is 31.1. The fraction of sp³-hybridized carbons (Fsp3) is 0.500. The lowest BCUT2D eigenvalue weighted by atomic mass is 10.3. The predicted molar refractivity (Wildman–Crippen MR) is 74.9 cm³/mol. The Bertz CT molecular complexity index is 500. The van der Waals surface area contributed by atoms with Crippen molar-refractivity contribution in [1.29, 1.82) is 0 Å². The molecule has 6 heteroatoms. The zero-order chi connectivity index (χ0) is 13.8. The highest BCUT2D eigenvalue weighted by molar-refractivity contribution is 7.92. The first-order chi connectivity index (χ1) is 8.34. The van der Waals surface area contributed by atoms with Gasteiger partial charge in [-0.1, -0.05) is 18.5 Å². The van der Waals surface area contributed by atoms with Crippen LogP contribution in [0.2, 0.25) is 5.02 Å². The summed E-state index contributed by atoms with van der Waals surface area (Å²) in [5, 5.41) is 0.389. The fourth-order valence-electron chi connectivity index (χ4n) is 1.41. The first-order valence-electron chi connectivity index (χ1n) is 5.80. The summed E-state index contributed by atoms with van der Waals surface area (Å²) in [6, 6.07) is 4.84. The van der Waals surface area contributed by atoms with Gasteiger partial charge in [0.05, 0.1) is 22.6 Å². The van der Waals surface area contributed by atoms with E-state index in [9.17, 15) is 8.42 Å². The molecule has 0 spiro atoms. The van der Waals surface area contributed by atoms with Crippen LogP contribution in [-0.4, -0.2) is 20.3 Å². The lowest BCUT2D eigenvalue weighted by Gasteiger charge is -2.13. The Hall–Kier alpha value is -0.940. The predicted octanol–water partition coefficient (Wildman–Crippen LogP) is 3.28. The Balaban J connectivity index is 2.85. The lowest BCUT2D eigenvalue weighted by Crippen LogP contribution is -2.16. The third kappa shape index (κ3) is 4.74. The van der Waals surface area contributed by atoms with Gasteiger partial charge in [-0.15, -0.1) is 0 Å². The van der Waals surface area contributed by atoms with Crippen molar-refractivity contribution < 1.29 is 13.2 Å². The molecule has 0 saturated carbocycles. The molecule has 0 unspecified atom stereocenters. The minimum absolute atomic E-state index is 0.0186. The van der Waals surface area contributed by atoms with Crippen LogP contribution in [0.5, 0.6) is 5.75 Å². The zero-order valence-corrected chi connectivity index (χ0v) is 12.3. The molecule has 0 saturated heterocycles. The second-order valence-corrected chi connectivity index (χ2v) is 6.48. The summed E-state index contributed by atoms with van der Waals surface area (Å²) in [5.74, 6) is 0.639. The Morgan fingerprint density at radius 3 is 2.56 bits per heavy atom. The van der Waals surface area contributed by atoms with Crippen molar-refractivity contribution in [1.82, 2.24) is 0 Å². The summed E-state index contributed by atoms with van der Waals surface area (Å²) in [7, 11) is -3.29. The lowest BCUT2D eigenvalue weighted by molar-refractivity contribution is 0.242. The monoisotopic (exact) mass is 291 g/mol. The molecule has 0 fully saturated rings. The third-order valence-corrected chi connectivity index (χ3v) is 3.83. The highest BCUT2D eigenvalue weighted by atomic mass is 35.5. The SMILES string of the molecule is CCCS(=O)(=O)Nc1ccc(OC(C)C)c(Cl)c1. The number of halogens is 1. The van der Waals surface area contributed by atoms with Crippen LogP contribution in [0.25, 0.3) is 0 Å². The molecule has 1 N–H and O–H groups in total. The van der Waals surface area contributed by atoms with E-state index >= 15 is 0 Å². The molecule has 0 heterocycles. The third-order valence-electron chi connectivity index (χ3n) is 2.04. The number of hydrogen-bond donors (Lipinski definition) is 1. The highest BCUT2D eigenvalue weighted by Gasteiger charge is 2.11. The molecule has 0 radical (unpaired) electrons. The van der Waals surface area contributed by atoms with E-state index in [1.54, 1.807) is 18.2 Å². The van der Waals surface area contributed by atoms with Crippen molar-refractivity contribution in [3.8, 4) is 5.75 Å². The van der Waals surface area contributed by atoms with Gasteiger partial charge in [-0.3, -0.25) is 4.72 Å². The molecule has 1 rings (SSSR count). The number of benzene rings is 1. The standard InChI is InChI=1S/C12H18ClNO3S/c1-4-7-18(15,16)14-10-5-6-12(11(13)8-10)17-9(2)3/h5-6,8-9,14H,4,7H2,1-3H3. The maximum absolute atomic E-state index is 11.6. The average molecular weight is 292 g/mol. The van der Waals surface area contributed by atoms with Gasteiger partial charge in [0.25, 0.3) is 0 Å². The Morgan fingerprint density at radius 1 is 1.39 bits per heavy atom. The van der Waals surface area contributed by atoms with E-state index in [-0.39, 0.29) is 11.9 Å². The molecule has 0 aliphatic rings. The van der Waals surface area contributed by atoms with Gasteiger partial charge in [0.2, 0.25) is 10.0 Å². The molecule has 0 atom stereocenters. The van der Waals surface area contributed by atoms with Crippen LogP contribution in [0.4, 0.5) is 5.69 Å². The molecule has 1 aromatic rings. The highest BCUT2D eigenvalue weighted by Crippen LogP contribution is 2.28. The summed E-state index contributed by atoms with van der Waals surface area (Å²) in [6.07, 6.45) is 0.586. The van der Waals surface area contributed by atoms with Gasteiger partial charge in [-0.05, 0) is 38.5 Å². The van der Waals surface area contributed by atoms with Crippen LogP contribution in [0, 0.1) is 0 Å². The largest absolute Gasteiger partial charge is 0.489 e. The first-order valence-corrected chi connectivity index (χ1v) is 7.84. The molecule has 0 bridgehead atoms. The van der Waals surface area contributed by atoms with Crippen LogP contribution in [0.15, 0.2) is 18.2 Å². The van der Waals surface area contributed by atoms with E-state index in [4.69, 9.17) is 16.3 Å². The molecule has 0 aliphatic heterocycles. The van der Waals surface area contributed by atoms with Crippen molar-refractivity contribution in [3.05, 3.63) is 23.2 Å². The molecule has 1 aromatic carbocycles. The Kier molecular flexibility index (Phi) is 5.28. The Morgan fingerprint density at radius 2 is 2.06 bits per heavy atom. The van der Waals surface area contributed by atoms with E-state index in [1.165, 1.54) is 0 Å². The van der Waals surface area contributed by atoms with E-state index in [0.717, 1.165) is 0 Å². The number of sulfonamides is 1. The van der Waals surface area contributed by atoms with Crippen LogP contribution < -0.4 is 9.46 Å². The molecule has 0 aliphatic carbocycles. The van der Waals surface area contributed by atoms with Crippen molar-refractivity contribution in [2.45, 2.75) is 33.3 Å². The van der Waals surface area contributed by atoms with E-state index in [0.29, 0.717) is 22.9 Å². The van der Waals surface area contributed by atoms with Gasteiger partial charge in [-0.2, -0.15) is 0 Å². The molecule has 4 nitrogen and oxygen atoms in total. The molecule has 102 valence electrons. The quantitative estimate of drug-likeness (QED) is 0.875. The van der Waals surface area contributed by atoms with Crippen molar-refractivity contribution >= 4 is 27.3 Å². The minimum atomic E-state index is -3.29. The molecular weight excluding hydrogens is 274 g/mol. The van der Waals surface area contributed by atoms with Crippen molar-refractivity contribution in [3.63, 3.8) is 0 Å². The number of anilines is 1. The number of ether oxygens (including phenoxy) is 1. The summed E-state index contributed by atoms with van der Waals surface area (Å²) in [4.78, 5) is 0. The van der Waals surface area contributed by atoms with E-state index in [1.807, 2.05) is 20.8 Å². The van der Waals surface area contributed by atoms with Gasteiger partial charge in [-0.25, -0.2) is 8.42 Å². The van der Waals surface area contributed by atoms with Gasteiger partial charge >= 0.3 is 0 Å². The van der Waals surface area contributed by atoms with E-state index in [2.05, 4.69) is 4.72 Å². The van der Waals surface area contributed by atoms with Crippen LogP contribution in [-0.2, 0) is 10.0 Å². The first kappa shape index (κ1) is 15.1. The van der Waals surface area contributed by atoms with Gasteiger partial charge in [0.1, 0.15) is 5.75 Å². The van der Waals surface area contributed by atoms with Gasteiger partial charge in [0.15, 0.2) is 0 Å². The fourth-order valence-corrected chi connectivity index (χ4v) is 2.76. The summed E-state index contributed by atoms with van der Waals surface area (Å²) in [5.41, 5.74) is 0.449.